The van der Waals surface area contributed by atoms with Crippen LogP contribution in [0.1, 0.15) is 78.1 Å². The summed E-state index contributed by atoms with van der Waals surface area (Å²) < 4.78 is 4.24. The minimum atomic E-state index is -0.671. The van der Waals surface area contributed by atoms with E-state index in [9.17, 15) is 0 Å². The van der Waals surface area contributed by atoms with Crippen LogP contribution in [0.15, 0.2) is 0 Å². The Morgan fingerprint density at radius 3 is 1.33 bits per heavy atom. The van der Waals surface area contributed by atoms with E-state index in [2.05, 4.69) is 13.8 Å². The molecular formula is C16H30Cl4O. The zero-order valence-corrected chi connectivity index (χ0v) is 16.4. The molecule has 0 amide bonds. The van der Waals surface area contributed by atoms with Gasteiger partial charge >= 0.3 is 0 Å². The van der Waals surface area contributed by atoms with Crippen molar-refractivity contribution < 1.29 is 4.74 Å². The Labute approximate surface area is 151 Å². The largest absolute Gasteiger partial charge is 0.381 e. The summed E-state index contributed by atoms with van der Waals surface area (Å²) in [4.78, 5) is 0. The first kappa shape index (κ1) is 22.1. The number of hydrogen-bond acceptors (Lipinski definition) is 1. The molecule has 0 aliphatic heterocycles. The topological polar surface area (TPSA) is 9.23 Å². The molecular weight excluding hydrogens is 350 g/mol. The van der Waals surface area contributed by atoms with E-state index in [0.717, 1.165) is 25.7 Å². The summed E-state index contributed by atoms with van der Waals surface area (Å²) in [6.45, 7) is 5.44. The van der Waals surface area contributed by atoms with Gasteiger partial charge in [-0.25, -0.2) is 0 Å². The molecule has 1 nitrogen and oxygen atoms in total. The van der Waals surface area contributed by atoms with E-state index in [4.69, 9.17) is 51.1 Å². The van der Waals surface area contributed by atoms with Gasteiger partial charge in [-0.1, -0.05) is 52.4 Å². The number of rotatable bonds is 14. The summed E-state index contributed by atoms with van der Waals surface area (Å²) in [5.41, 5.74) is 0. The highest BCUT2D eigenvalue weighted by molar-refractivity contribution is 6.48. The fourth-order valence-corrected chi connectivity index (χ4v) is 2.91. The Morgan fingerprint density at radius 2 is 1.00 bits per heavy atom. The lowest BCUT2D eigenvalue weighted by Gasteiger charge is -2.21. The molecule has 0 radical (unpaired) electrons. The van der Waals surface area contributed by atoms with E-state index in [1.54, 1.807) is 0 Å². The third kappa shape index (κ3) is 14.4. The van der Waals surface area contributed by atoms with E-state index < -0.39 is 8.67 Å². The Morgan fingerprint density at radius 1 is 0.619 bits per heavy atom. The third-order valence-electron chi connectivity index (χ3n) is 3.52. The number of unbranched alkanes of at least 4 members (excludes halogenated alkanes) is 4. The normalized spacial score (nSPS) is 12.9. The van der Waals surface area contributed by atoms with Gasteiger partial charge in [-0.05, 0) is 12.8 Å². The van der Waals surface area contributed by atoms with Crippen LogP contribution in [-0.4, -0.2) is 21.9 Å². The molecule has 0 atom stereocenters. The number of alkyl halides is 4. The van der Waals surface area contributed by atoms with Crippen LogP contribution in [0.3, 0.4) is 0 Å². The van der Waals surface area contributed by atoms with E-state index in [0.29, 0.717) is 26.1 Å². The Kier molecular flexibility index (Phi) is 13.2. The molecule has 21 heavy (non-hydrogen) atoms. The first-order valence-corrected chi connectivity index (χ1v) is 9.67. The summed E-state index contributed by atoms with van der Waals surface area (Å²) >= 11 is 25.0. The van der Waals surface area contributed by atoms with Gasteiger partial charge in [0.1, 0.15) is 8.67 Å². The molecule has 0 aromatic rings. The van der Waals surface area contributed by atoms with Gasteiger partial charge < -0.3 is 4.74 Å². The average molecular weight is 380 g/mol. The Balaban J connectivity index is 3.65. The van der Waals surface area contributed by atoms with Crippen molar-refractivity contribution >= 4 is 46.4 Å². The summed E-state index contributed by atoms with van der Waals surface area (Å²) in [6, 6.07) is 0. The second-order valence-corrected chi connectivity index (χ2v) is 9.02. The lowest BCUT2D eigenvalue weighted by molar-refractivity contribution is 0.122. The maximum Gasteiger partial charge on any atom is 0.120 e. The van der Waals surface area contributed by atoms with Crippen LogP contribution in [0.2, 0.25) is 0 Å². The molecule has 0 unspecified atom stereocenters. The van der Waals surface area contributed by atoms with Crippen LogP contribution < -0.4 is 0 Å². The lowest BCUT2D eigenvalue weighted by Crippen LogP contribution is -2.19. The smallest absolute Gasteiger partial charge is 0.120 e. The molecule has 0 aliphatic rings. The second kappa shape index (κ2) is 12.5. The highest BCUT2D eigenvalue weighted by atomic mass is 35.5. The molecule has 0 heterocycles. The summed E-state index contributed by atoms with van der Waals surface area (Å²) in [6.07, 6.45) is 9.74. The van der Waals surface area contributed by atoms with Gasteiger partial charge in [0.05, 0.1) is 0 Å². The molecule has 0 aromatic heterocycles. The maximum atomic E-state index is 6.26. The molecule has 128 valence electrons. The van der Waals surface area contributed by atoms with Crippen LogP contribution in [-0.2, 0) is 4.74 Å². The van der Waals surface area contributed by atoms with Gasteiger partial charge in [-0.3, -0.25) is 0 Å². The molecule has 0 spiro atoms. The minimum absolute atomic E-state index is 0.554. The third-order valence-corrected chi connectivity index (χ3v) is 5.03. The van der Waals surface area contributed by atoms with Gasteiger partial charge in [0.2, 0.25) is 0 Å². The van der Waals surface area contributed by atoms with Gasteiger partial charge in [0.15, 0.2) is 0 Å². The molecule has 0 aliphatic carbocycles. The molecule has 0 N–H and O–H groups in total. The molecule has 0 rings (SSSR count). The molecule has 0 saturated carbocycles. The van der Waals surface area contributed by atoms with Gasteiger partial charge in [0.25, 0.3) is 0 Å². The summed E-state index contributed by atoms with van der Waals surface area (Å²) in [5, 5.41) is 0. The van der Waals surface area contributed by atoms with Crippen molar-refractivity contribution in [2.75, 3.05) is 13.2 Å². The average Bonchev–Trinajstić information content (AvgIpc) is 2.38. The van der Waals surface area contributed by atoms with Gasteiger partial charge in [-0.15, -0.1) is 46.4 Å². The standard InChI is InChI=1S/C16H30Cl4O/c1-3-5-7-9-15(17,18)11-13-21-14-12-16(19,20)10-8-6-4-2/h3-14H2,1-2H3. The predicted octanol–water partition coefficient (Wildman–Crippen LogP) is 7.29. The van der Waals surface area contributed by atoms with E-state index in [1.165, 1.54) is 25.7 Å². The highest BCUT2D eigenvalue weighted by Crippen LogP contribution is 2.33. The van der Waals surface area contributed by atoms with Crippen molar-refractivity contribution in [1.82, 2.24) is 0 Å². The molecule has 5 heteroatoms. The first-order chi connectivity index (χ1) is 9.83. The van der Waals surface area contributed by atoms with Crippen molar-refractivity contribution in [3.63, 3.8) is 0 Å². The zero-order chi connectivity index (χ0) is 16.2. The Bertz CT molecular complexity index is 220. The number of halogens is 4. The second-order valence-electron chi connectivity index (χ2n) is 5.74. The maximum absolute atomic E-state index is 6.26. The highest BCUT2D eigenvalue weighted by Gasteiger charge is 2.24. The quantitative estimate of drug-likeness (QED) is 0.227. The number of ether oxygens (including phenoxy) is 1. The molecule has 0 saturated heterocycles. The van der Waals surface area contributed by atoms with E-state index in [1.807, 2.05) is 0 Å². The van der Waals surface area contributed by atoms with Crippen molar-refractivity contribution in [3.05, 3.63) is 0 Å². The Hall–Kier alpha value is 1.12. The van der Waals surface area contributed by atoms with Crippen molar-refractivity contribution in [2.24, 2.45) is 0 Å². The lowest BCUT2D eigenvalue weighted by atomic mass is 10.1. The molecule has 0 fully saturated rings. The fourth-order valence-electron chi connectivity index (χ4n) is 2.06. The van der Waals surface area contributed by atoms with E-state index >= 15 is 0 Å². The van der Waals surface area contributed by atoms with Crippen LogP contribution in [0.25, 0.3) is 0 Å². The molecule has 0 bridgehead atoms. The van der Waals surface area contributed by atoms with Gasteiger partial charge in [0, 0.05) is 26.1 Å². The van der Waals surface area contributed by atoms with Crippen molar-refractivity contribution in [3.8, 4) is 0 Å². The first-order valence-electron chi connectivity index (χ1n) is 8.16. The van der Waals surface area contributed by atoms with Crippen LogP contribution in [0.4, 0.5) is 0 Å². The number of hydrogen-bond donors (Lipinski definition) is 0. The monoisotopic (exact) mass is 378 g/mol. The van der Waals surface area contributed by atoms with Crippen molar-refractivity contribution in [2.45, 2.75) is 86.7 Å². The SMILES string of the molecule is CCCCCC(Cl)(Cl)CCOCCC(Cl)(Cl)CCCCC. The van der Waals surface area contributed by atoms with Gasteiger partial charge in [-0.2, -0.15) is 0 Å². The van der Waals surface area contributed by atoms with Crippen LogP contribution in [0, 0.1) is 0 Å². The van der Waals surface area contributed by atoms with E-state index in [-0.39, 0.29) is 0 Å². The minimum Gasteiger partial charge on any atom is -0.381 e. The predicted molar refractivity (Wildman–Crippen MR) is 97.2 cm³/mol. The summed E-state index contributed by atoms with van der Waals surface area (Å²) in [7, 11) is 0. The van der Waals surface area contributed by atoms with Crippen LogP contribution >= 0.6 is 46.4 Å². The molecule has 0 aromatic carbocycles. The summed E-state index contributed by atoms with van der Waals surface area (Å²) in [5.74, 6) is 0. The van der Waals surface area contributed by atoms with Crippen LogP contribution in [0.5, 0.6) is 0 Å². The van der Waals surface area contributed by atoms with Crippen molar-refractivity contribution in [1.29, 1.82) is 0 Å². The fraction of sp³-hybridized carbons (Fsp3) is 1.00. The zero-order valence-electron chi connectivity index (χ0n) is 13.4.